The first kappa shape index (κ1) is 18.3. The first-order chi connectivity index (χ1) is 12.5. The van der Waals surface area contributed by atoms with Crippen molar-refractivity contribution in [2.75, 3.05) is 6.61 Å². The highest BCUT2D eigenvalue weighted by Crippen LogP contribution is 2.16. The lowest BCUT2D eigenvalue weighted by atomic mass is 10.3. The largest absolute Gasteiger partial charge is 0.494 e. The van der Waals surface area contributed by atoms with E-state index in [2.05, 4.69) is 20.2 Å². The molecule has 0 fully saturated rings. The van der Waals surface area contributed by atoms with Crippen molar-refractivity contribution in [1.82, 2.24) is 24.9 Å². The van der Waals surface area contributed by atoms with Crippen LogP contribution in [0.15, 0.2) is 53.4 Å². The molecule has 0 saturated heterocycles. The summed E-state index contributed by atoms with van der Waals surface area (Å²) >= 11 is 5.79. The van der Waals surface area contributed by atoms with Gasteiger partial charge in [0.05, 0.1) is 23.7 Å². The molecule has 8 nitrogen and oxygen atoms in total. The fraction of sp³-hybridized carbons (Fsp3) is 0.188. The van der Waals surface area contributed by atoms with Crippen molar-refractivity contribution in [3.63, 3.8) is 0 Å². The molecule has 0 radical (unpaired) electrons. The molecule has 0 aliphatic carbocycles. The first-order valence-electron chi connectivity index (χ1n) is 7.75. The number of ether oxygens (including phenoxy) is 1. The quantitative estimate of drug-likeness (QED) is 0.660. The monoisotopic (exact) mass is 393 g/mol. The summed E-state index contributed by atoms with van der Waals surface area (Å²) < 4.78 is 34.0. The Morgan fingerprint density at radius 2 is 1.81 bits per heavy atom. The minimum absolute atomic E-state index is 0.0643. The van der Waals surface area contributed by atoms with Crippen LogP contribution in [0, 0.1) is 0 Å². The summed E-state index contributed by atoms with van der Waals surface area (Å²) in [7, 11) is -3.70. The second kappa shape index (κ2) is 7.81. The molecule has 3 aromatic rings. The van der Waals surface area contributed by atoms with Gasteiger partial charge in [0.25, 0.3) is 0 Å². The van der Waals surface area contributed by atoms with Gasteiger partial charge in [-0.15, -0.1) is 5.10 Å². The lowest BCUT2D eigenvalue weighted by Crippen LogP contribution is -2.25. The number of nitrogens with zero attached hydrogens (tertiary/aromatic N) is 4. The molecular formula is C16H16ClN5O3S. The van der Waals surface area contributed by atoms with E-state index in [4.69, 9.17) is 16.3 Å². The highest BCUT2D eigenvalue weighted by molar-refractivity contribution is 7.89. The smallest absolute Gasteiger partial charge is 0.240 e. The minimum Gasteiger partial charge on any atom is -0.494 e. The van der Waals surface area contributed by atoms with Gasteiger partial charge in [0, 0.05) is 5.02 Å². The molecule has 10 heteroatoms. The third-order valence-electron chi connectivity index (χ3n) is 3.47. The van der Waals surface area contributed by atoms with Crippen LogP contribution in [0.4, 0.5) is 0 Å². The van der Waals surface area contributed by atoms with E-state index in [1.165, 1.54) is 28.9 Å². The summed E-state index contributed by atoms with van der Waals surface area (Å²) in [6, 6.07) is 13.1. The van der Waals surface area contributed by atoms with Gasteiger partial charge < -0.3 is 4.74 Å². The number of sulfonamides is 1. The van der Waals surface area contributed by atoms with Gasteiger partial charge in [-0.1, -0.05) is 11.6 Å². The molecular weight excluding hydrogens is 378 g/mol. The molecule has 1 heterocycles. The average molecular weight is 394 g/mol. The van der Waals surface area contributed by atoms with Crippen molar-refractivity contribution in [3.8, 4) is 11.4 Å². The number of tetrazole rings is 1. The van der Waals surface area contributed by atoms with Crippen molar-refractivity contribution in [2.24, 2.45) is 0 Å². The topological polar surface area (TPSA) is 99.0 Å². The molecule has 0 bridgehead atoms. The van der Waals surface area contributed by atoms with E-state index < -0.39 is 10.0 Å². The maximum Gasteiger partial charge on any atom is 0.240 e. The van der Waals surface area contributed by atoms with Gasteiger partial charge >= 0.3 is 0 Å². The van der Waals surface area contributed by atoms with E-state index >= 15 is 0 Å². The summed E-state index contributed by atoms with van der Waals surface area (Å²) in [4.78, 5) is 0.113. The molecule has 0 amide bonds. The van der Waals surface area contributed by atoms with Crippen LogP contribution >= 0.6 is 11.6 Å². The number of aromatic nitrogens is 4. The average Bonchev–Trinajstić information content (AvgIpc) is 3.10. The summed E-state index contributed by atoms with van der Waals surface area (Å²) in [5.41, 5.74) is 0.694. The van der Waals surface area contributed by atoms with Gasteiger partial charge in [0.1, 0.15) is 5.75 Å². The van der Waals surface area contributed by atoms with Crippen molar-refractivity contribution in [3.05, 3.63) is 59.4 Å². The highest BCUT2D eigenvalue weighted by atomic mass is 35.5. The van der Waals surface area contributed by atoms with Gasteiger partial charge in [-0.05, 0) is 65.9 Å². The van der Waals surface area contributed by atoms with Crippen LogP contribution in [0.3, 0.4) is 0 Å². The molecule has 0 spiro atoms. The Bertz CT molecular complexity index is 972. The number of benzene rings is 2. The molecule has 1 aromatic heterocycles. The van der Waals surface area contributed by atoms with Crippen LogP contribution in [-0.2, 0) is 16.6 Å². The van der Waals surface area contributed by atoms with Crippen molar-refractivity contribution in [2.45, 2.75) is 18.4 Å². The van der Waals surface area contributed by atoms with E-state index in [1.54, 1.807) is 24.3 Å². The van der Waals surface area contributed by atoms with E-state index in [9.17, 15) is 8.42 Å². The Kier molecular flexibility index (Phi) is 5.50. The van der Waals surface area contributed by atoms with Crippen LogP contribution < -0.4 is 9.46 Å². The number of hydrogen-bond donors (Lipinski definition) is 1. The Labute approximate surface area is 155 Å². The number of halogens is 1. The third-order valence-corrected chi connectivity index (χ3v) is 5.14. The van der Waals surface area contributed by atoms with Gasteiger partial charge in [0.2, 0.25) is 10.0 Å². The summed E-state index contributed by atoms with van der Waals surface area (Å²) in [5.74, 6) is 1.08. The van der Waals surface area contributed by atoms with Gasteiger partial charge in [-0.25, -0.2) is 13.1 Å². The van der Waals surface area contributed by atoms with Crippen LogP contribution in [0.2, 0.25) is 5.02 Å². The van der Waals surface area contributed by atoms with Crippen LogP contribution in [0.25, 0.3) is 5.69 Å². The SMILES string of the molecule is CCOc1ccc(-n2nnnc2CNS(=O)(=O)c2ccc(Cl)cc2)cc1. The van der Waals surface area contributed by atoms with E-state index in [-0.39, 0.29) is 11.4 Å². The fourth-order valence-corrected chi connectivity index (χ4v) is 3.33. The van der Waals surface area contributed by atoms with Crippen LogP contribution in [0.1, 0.15) is 12.7 Å². The molecule has 1 N–H and O–H groups in total. The zero-order chi connectivity index (χ0) is 18.6. The molecule has 3 rings (SSSR count). The molecule has 26 heavy (non-hydrogen) atoms. The Hall–Kier alpha value is -2.49. The standard InChI is InChI=1S/C16H16ClN5O3S/c1-2-25-14-7-5-13(6-8-14)22-16(19-20-21-22)11-18-26(23,24)15-9-3-12(17)4-10-15/h3-10,18H,2,11H2,1H3. The summed E-state index contributed by atoms with van der Waals surface area (Å²) in [6.45, 7) is 2.41. The molecule has 0 unspecified atom stereocenters. The van der Waals surface area contributed by atoms with Crippen LogP contribution in [-0.4, -0.2) is 35.2 Å². The maximum atomic E-state index is 12.4. The highest BCUT2D eigenvalue weighted by Gasteiger charge is 2.16. The Balaban J connectivity index is 1.75. The van der Waals surface area contributed by atoms with Gasteiger partial charge in [0.15, 0.2) is 5.82 Å². The molecule has 2 aromatic carbocycles. The molecule has 0 aliphatic rings. The fourth-order valence-electron chi connectivity index (χ4n) is 2.22. The van der Waals surface area contributed by atoms with Crippen molar-refractivity contribution in [1.29, 1.82) is 0 Å². The number of nitrogens with one attached hydrogen (secondary N) is 1. The first-order valence-corrected chi connectivity index (χ1v) is 9.61. The van der Waals surface area contributed by atoms with E-state index in [1.807, 2.05) is 6.92 Å². The lowest BCUT2D eigenvalue weighted by Gasteiger charge is -2.08. The van der Waals surface area contributed by atoms with Gasteiger partial charge in [-0.3, -0.25) is 0 Å². The Morgan fingerprint density at radius 3 is 2.46 bits per heavy atom. The molecule has 0 aliphatic heterocycles. The second-order valence-electron chi connectivity index (χ2n) is 5.21. The zero-order valence-electron chi connectivity index (χ0n) is 13.8. The predicted molar refractivity (Wildman–Crippen MR) is 95.8 cm³/mol. The zero-order valence-corrected chi connectivity index (χ0v) is 15.4. The molecule has 0 atom stereocenters. The van der Waals surface area contributed by atoms with Crippen LogP contribution in [0.5, 0.6) is 5.75 Å². The minimum atomic E-state index is -3.70. The van der Waals surface area contributed by atoms with E-state index in [0.717, 1.165) is 5.75 Å². The third kappa shape index (κ3) is 4.18. The summed E-state index contributed by atoms with van der Waals surface area (Å²) in [6.07, 6.45) is 0. The maximum absolute atomic E-state index is 12.4. The molecule has 0 saturated carbocycles. The van der Waals surface area contributed by atoms with E-state index in [0.29, 0.717) is 23.1 Å². The van der Waals surface area contributed by atoms with Crippen molar-refractivity contribution < 1.29 is 13.2 Å². The number of rotatable bonds is 7. The second-order valence-corrected chi connectivity index (χ2v) is 7.42. The van der Waals surface area contributed by atoms with Crippen molar-refractivity contribution >= 4 is 21.6 Å². The predicted octanol–water partition coefficient (Wildman–Crippen LogP) is 2.19. The normalized spacial score (nSPS) is 11.5. The van der Waals surface area contributed by atoms with Gasteiger partial charge in [-0.2, -0.15) is 4.68 Å². The number of hydrogen-bond acceptors (Lipinski definition) is 6. The Morgan fingerprint density at radius 1 is 1.12 bits per heavy atom. The summed E-state index contributed by atoms with van der Waals surface area (Å²) in [5, 5.41) is 11.9. The lowest BCUT2D eigenvalue weighted by molar-refractivity contribution is 0.340. The molecule has 136 valence electrons.